The van der Waals surface area contributed by atoms with Crippen LogP contribution in [0.4, 0.5) is 0 Å². The van der Waals surface area contributed by atoms with E-state index < -0.39 is 0 Å². The van der Waals surface area contributed by atoms with Crippen LogP contribution in [0.5, 0.6) is 0 Å². The fourth-order valence-electron chi connectivity index (χ4n) is 3.03. The lowest BCUT2D eigenvalue weighted by molar-refractivity contribution is 0.501. The highest BCUT2D eigenvalue weighted by atomic mass is 79.9. The van der Waals surface area contributed by atoms with Crippen LogP contribution < -0.4 is 5.32 Å². The zero-order valence-corrected chi connectivity index (χ0v) is 13.6. The van der Waals surface area contributed by atoms with E-state index in [1.54, 1.807) is 0 Å². The van der Waals surface area contributed by atoms with E-state index in [1.807, 2.05) is 6.92 Å². The van der Waals surface area contributed by atoms with Gasteiger partial charge in [0.15, 0.2) is 0 Å². The lowest BCUT2D eigenvalue weighted by Crippen LogP contribution is -2.21. The Kier molecular flexibility index (Phi) is 3.94. The second kappa shape index (κ2) is 5.70. The van der Waals surface area contributed by atoms with Crippen molar-refractivity contribution in [2.24, 2.45) is 0 Å². The lowest BCUT2D eigenvalue weighted by Gasteiger charge is -2.15. The lowest BCUT2D eigenvalue weighted by atomic mass is 10.1. The third-order valence-corrected chi connectivity index (χ3v) is 5.13. The topological polar surface area (TPSA) is 29.9 Å². The number of nitrogens with zero attached hydrogens (tertiary/aromatic N) is 2. The summed E-state index contributed by atoms with van der Waals surface area (Å²) in [7, 11) is 0. The van der Waals surface area contributed by atoms with E-state index >= 15 is 0 Å². The first-order chi connectivity index (χ1) is 9.70. The van der Waals surface area contributed by atoms with Crippen LogP contribution in [-0.4, -0.2) is 9.78 Å². The maximum atomic E-state index is 4.55. The molecular weight excluding hydrogens is 314 g/mol. The van der Waals surface area contributed by atoms with Gasteiger partial charge in [0.05, 0.1) is 15.9 Å². The molecule has 1 atom stereocenters. The molecule has 1 heterocycles. The van der Waals surface area contributed by atoms with Crippen molar-refractivity contribution in [1.29, 1.82) is 0 Å². The van der Waals surface area contributed by atoms with Crippen molar-refractivity contribution >= 4 is 15.9 Å². The first-order valence-electron chi connectivity index (χ1n) is 7.23. The van der Waals surface area contributed by atoms with Gasteiger partial charge in [0, 0.05) is 19.1 Å². The first-order valence-corrected chi connectivity index (χ1v) is 8.03. The summed E-state index contributed by atoms with van der Waals surface area (Å²) in [5, 5.41) is 8.24. The van der Waals surface area contributed by atoms with E-state index in [1.165, 1.54) is 29.7 Å². The average Bonchev–Trinajstić information content (AvgIpc) is 3.00. The molecule has 0 fully saturated rings. The Morgan fingerprint density at radius 2 is 2.20 bits per heavy atom. The summed E-state index contributed by atoms with van der Waals surface area (Å²) in [5.41, 5.74) is 5.26. The van der Waals surface area contributed by atoms with Crippen molar-refractivity contribution in [3.63, 3.8) is 0 Å². The summed E-state index contributed by atoms with van der Waals surface area (Å²) in [6, 6.07) is 9.23. The molecule has 0 aliphatic heterocycles. The molecule has 0 spiro atoms. The summed E-state index contributed by atoms with van der Waals surface area (Å²) in [6.07, 6.45) is 2.37. The van der Waals surface area contributed by atoms with Gasteiger partial charge in [-0.2, -0.15) is 5.10 Å². The van der Waals surface area contributed by atoms with E-state index in [0.717, 1.165) is 23.3 Å². The zero-order chi connectivity index (χ0) is 14.1. The number of halogens is 1. The second-order valence-corrected chi connectivity index (χ2v) is 6.13. The number of benzene rings is 1. The molecule has 4 heteroatoms. The van der Waals surface area contributed by atoms with Gasteiger partial charge >= 0.3 is 0 Å². The Labute approximate surface area is 128 Å². The van der Waals surface area contributed by atoms with Gasteiger partial charge in [-0.05, 0) is 53.7 Å². The SMILES string of the molecule is CCn1nc(C)c(Br)c1CNC1CCc2ccccc21. The number of hydrogen-bond donors (Lipinski definition) is 1. The number of nitrogens with one attached hydrogen (secondary N) is 1. The normalized spacial score (nSPS) is 17.4. The van der Waals surface area contributed by atoms with Crippen molar-refractivity contribution < 1.29 is 0 Å². The van der Waals surface area contributed by atoms with Gasteiger partial charge in [-0.15, -0.1) is 0 Å². The molecule has 0 saturated carbocycles. The van der Waals surface area contributed by atoms with Crippen LogP contribution >= 0.6 is 15.9 Å². The summed E-state index contributed by atoms with van der Waals surface area (Å²) in [5.74, 6) is 0. The van der Waals surface area contributed by atoms with Crippen LogP contribution in [0.15, 0.2) is 28.7 Å². The van der Waals surface area contributed by atoms with Gasteiger partial charge < -0.3 is 5.32 Å². The molecule has 0 radical (unpaired) electrons. The van der Waals surface area contributed by atoms with Gasteiger partial charge in [-0.1, -0.05) is 24.3 Å². The quantitative estimate of drug-likeness (QED) is 0.923. The third kappa shape index (κ3) is 2.42. The first kappa shape index (κ1) is 13.8. The summed E-state index contributed by atoms with van der Waals surface area (Å²) >= 11 is 3.66. The van der Waals surface area contributed by atoms with Crippen LogP contribution in [0.25, 0.3) is 0 Å². The number of aryl methyl sites for hydroxylation is 3. The molecule has 1 aromatic heterocycles. The number of rotatable bonds is 4. The highest BCUT2D eigenvalue weighted by molar-refractivity contribution is 9.10. The van der Waals surface area contributed by atoms with Gasteiger partial charge in [0.2, 0.25) is 0 Å². The third-order valence-electron chi connectivity index (χ3n) is 4.10. The van der Waals surface area contributed by atoms with E-state index in [4.69, 9.17) is 0 Å². The van der Waals surface area contributed by atoms with E-state index in [0.29, 0.717) is 6.04 Å². The second-order valence-electron chi connectivity index (χ2n) is 5.33. The highest BCUT2D eigenvalue weighted by Crippen LogP contribution is 2.31. The van der Waals surface area contributed by atoms with Crippen molar-refractivity contribution in [2.75, 3.05) is 0 Å². The summed E-state index contributed by atoms with van der Waals surface area (Å²) in [4.78, 5) is 0. The van der Waals surface area contributed by atoms with Crippen LogP contribution in [0.1, 0.15) is 41.9 Å². The predicted octanol–water partition coefficient (Wildman–Crippen LogP) is 3.75. The average molecular weight is 334 g/mol. The minimum atomic E-state index is 0.471. The Bertz CT molecular complexity index is 618. The smallest absolute Gasteiger partial charge is 0.0739 e. The molecule has 20 heavy (non-hydrogen) atoms. The molecule has 0 bridgehead atoms. The monoisotopic (exact) mass is 333 g/mol. The Balaban J connectivity index is 1.75. The van der Waals surface area contributed by atoms with Gasteiger partial charge in [-0.3, -0.25) is 4.68 Å². The zero-order valence-electron chi connectivity index (χ0n) is 12.0. The molecule has 1 N–H and O–H groups in total. The van der Waals surface area contributed by atoms with Crippen molar-refractivity contribution in [2.45, 2.75) is 45.8 Å². The van der Waals surface area contributed by atoms with Crippen LogP contribution in [0.2, 0.25) is 0 Å². The fraction of sp³-hybridized carbons (Fsp3) is 0.438. The molecule has 0 amide bonds. The number of fused-ring (bicyclic) bond motifs is 1. The van der Waals surface area contributed by atoms with Gasteiger partial charge in [0.25, 0.3) is 0 Å². The minimum Gasteiger partial charge on any atom is -0.304 e. The maximum Gasteiger partial charge on any atom is 0.0739 e. The Morgan fingerprint density at radius 1 is 1.40 bits per heavy atom. The van der Waals surface area contributed by atoms with E-state index in [2.05, 4.69) is 62.2 Å². The molecule has 0 saturated heterocycles. The van der Waals surface area contributed by atoms with Crippen molar-refractivity contribution in [3.05, 3.63) is 51.3 Å². The Morgan fingerprint density at radius 3 is 3.00 bits per heavy atom. The van der Waals surface area contributed by atoms with E-state index in [-0.39, 0.29) is 0 Å². The minimum absolute atomic E-state index is 0.471. The number of hydrogen-bond acceptors (Lipinski definition) is 2. The van der Waals surface area contributed by atoms with Crippen molar-refractivity contribution in [1.82, 2.24) is 15.1 Å². The number of aromatic nitrogens is 2. The maximum absolute atomic E-state index is 4.55. The molecule has 106 valence electrons. The fourth-order valence-corrected chi connectivity index (χ4v) is 3.45. The van der Waals surface area contributed by atoms with Crippen LogP contribution in [0.3, 0.4) is 0 Å². The molecule has 1 aliphatic rings. The van der Waals surface area contributed by atoms with Gasteiger partial charge in [0.1, 0.15) is 0 Å². The summed E-state index contributed by atoms with van der Waals surface area (Å²) < 4.78 is 3.21. The molecule has 2 aromatic rings. The van der Waals surface area contributed by atoms with Crippen molar-refractivity contribution in [3.8, 4) is 0 Å². The van der Waals surface area contributed by atoms with Gasteiger partial charge in [-0.25, -0.2) is 0 Å². The molecule has 3 nitrogen and oxygen atoms in total. The van der Waals surface area contributed by atoms with E-state index in [9.17, 15) is 0 Å². The largest absolute Gasteiger partial charge is 0.304 e. The van der Waals surface area contributed by atoms with Crippen LogP contribution in [-0.2, 0) is 19.5 Å². The molecule has 1 aliphatic carbocycles. The summed E-state index contributed by atoms with van der Waals surface area (Å²) in [6.45, 7) is 5.94. The molecule has 3 rings (SSSR count). The Hall–Kier alpha value is -1.13. The predicted molar refractivity (Wildman–Crippen MR) is 84.7 cm³/mol. The van der Waals surface area contributed by atoms with Crippen LogP contribution in [0, 0.1) is 6.92 Å². The standard InChI is InChI=1S/C16H20BrN3/c1-3-20-15(16(17)11(2)19-20)10-18-14-9-8-12-6-4-5-7-13(12)14/h4-7,14,18H,3,8-10H2,1-2H3. The molecule has 1 aromatic carbocycles. The molecular formula is C16H20BrN3. The highest BCUT2D eigenvalue weighted by Gasteiger charge is 2.22. The molecule has 1 unspecified atom stereocenters.